The molecular weight excluding hydrogens is 1650 g/mol. The lowest BCUT2D eigenvalue weighted by Gasteiger charge is -2.32. The molecule has 0 radical (unpaired) electrons. The molecule has 1 saturated heterocycles. The number of nitrogen functional groups attached to an aromatic ring is 1. The summed E-state index contributed by atoms with van der Waals surface area (Å²) in [7, 11) is -17.2. The van der Waals surface area contributed by atoms with E-state index in [9.17, 15) is 64.8 Å². The number of nitrogens with two attached hydrogens (primary N) is 1. The number of rotatable bonds is 20. The number of carbonyl (C=O) groups is 2. The van der Waals surface area contributed by atoms with Gasteiger partial charge in [-0.2, -0.15) is 10.2 Å². The Labute approximate surface area is 625 Å². The Morgan fingerprint density at radius 2 is 0.865 bits per heavy atom. The van der Waals surface area contributed by atoms with E-state index < -0.39 is 114 Å². The van der Waals surface area contributed by atoms with Crippen LogP contribution < -0.4 is 20.6 Å². The highest BCUT2D eigenvalue weighted by Crippen LogP contribution is 2.37. The van der Waals surface area contributed by atoms with Crippen LogP contribution in [-0.2, 0) is 76.1 Å². The fraction of sp³-hybridized carbons (Fsp3) is 0.265. The van der Waals surface area contributed by atoms with Crippen molar-refractivity contribution < 1.29 is 78.5 Å². The molecule has 104 heavy (non-hydrogen) atoms. The molecule has 0 spiro atoms. The smallest absolute Gasteiger partial charge is 0.399 e. The van der Waals surface area contributed by atoms with E-state index in [1.807, 2.05) is 85.7 Å². The van der Waals surface area contributed by atoms with Gasteiger partial charge in [-0.25, -0.2) is 69.6 Å². The van der Waals surface area contributed by atoms with E-state index in [1.165, 1.54) is 31.0 Å². The second kappa shape index (κ2) is 34.6. The number of anilines is 3. The number of aromatic amines is 2. The molecule has 1 fully saturated rings. The normalized spacial score (nSPS) is 13.4. The monoisotopic (exact) mass is 1720 g/mol. The highest BCUT2D eigenvalue weighted by atomic mass is 79.9. The van der Waals surface area contributed by atoms with E-state index in [2.05, 4.69) is 78.2 Å². The number of nitrogens with one attached hydrogen (secondary N) is 4. The summed E-state index contributed by atoms with van der Waals surface area (Å²) >= 11 is 9.77. The van der Waals surface area contributed by atoms with E-state index in [1.54, 1.807) is 68.4 Å². The maximum atomic E-state index is 15.2. The third-order valence-corrected chi connectivity index (χ3v) is 22.2. The molecule has 10 aromatic rings. The fourth-order valence-corrected chi connectivity index (χ4v) is 15.2. The molecule has 1 aliphatic rings. The largest absolute Gasteiger partial charge is 0.494 e. The van der Waals surface area contributed by atoms with Gasteiger partial charge in [0.2, 0.25) is 31.6 Å². The zero-order chi connectivity index (χ0) is 77.1. The van der Waals surface area contributed by atoms with Crippen molar-refractivity contribution in [1.82, 2.24) is 30.4 Å². The van der Waals surface area contributed by atoms with Gasteiger partial charge in [-0.05, 0) is 157 Å². The van der Waals surface area contributed by atoms with Gasteiger partial charge < -0.3 is 15.0 Å². The number of halogens is 7. The molecule has 6 aromatic carbocycles. The van der Waals surface area contributed by atoms with Crippen molar-refractivity contribution in [1.29, 1.82) is 0 Å². The number of hydrogen-bond acceptors (Lipinski definition) is 19. The Balaban J connectivity index is 0.000000198. The first kappa shape index (κ1) is 83.5. The number of H-pyrrole nitrogens is 2. The van der Waals surface area contributed by atoms with Crippen molar-refractivity contribution in [3.05, 3.63) is 222 Å². The predicted octanol–water partition coefficient (Wildman–Crippen LogP) is 12.8. The quantitative estimate of drug-likeness (QED) is 0.0205. The van der Waals surface area contributed by atoms with E-state index in [0.29, 0.717) is 27.6 Å². The number of ketones is 2. The van der Waals surface area contributed by atoms with Crippen LogP contribution in [0.2, 0.25) is 0 Å². The molecule has 554 valence electrons. The number of fused-ring (bicyclic) bond motifs is 2. The molecule has 0 aliphatic carbocycles. The summed E-state index contributed by atoms with van der Waals surface area (Å²) in [5.41, 5.74) is 6.81. The van der Waals surface area contributed by atoms with Crippen molar-refractivity contribution in [3.8, 4) is 11.1 Å². The molecule has 0 saturated carbocycles. The van der Waals surface area contributed by atoms with E-state index in [-0.39, 0.29) is 79.8 Å². The first-order valence-electron chi connectivity index (χ1n) is 31.1. The number of pyridine rings is 2. The Morgan fingerprint density at radius 3 is 1.25 bits per heavy atom. The van der Waals surface area contributed by atoms with Crippen LogP contribution in [0.4, 0.5) is 34.6 Å². The first-order valence-corrected chi connectivity index (χ1v) is 43.0. The fourth-order valence-electron chi connectivity index (χ4n) is 9.68. The zero-order valence-electron chi connectivity index (χ0n) is 57.2. The van der Waals surface area contributed by atoms with Gasteiger partial charge in [-0.15, -0.1) is 0 Å². The Morgan fingerprint density at radius 1 is 0.500 bits per heavy atom. The highest BCUT2D eigenvalue weighted by molar-refractivity contribution is 9.11. The number of hydrogen-bond donors (Lipinski definition) is 5. The topological polar surface area (TPSA) is 357 Å². The first-order chi connectivity index (χ1) is 48.4. The Hall–Kier alpha value is -7.81. The summed E-state index contributed by atoms with van der Waals surface area (Å²) in [5.74, 6) is -7.49. The van der Waals surface area contributed by atoms with Crippen LogP contribution >= 0.6 is 47.8 Å². The average molecular weight is 1730 g/mol. The third-order valence-electron chi connectivity index (χ3n) is 15.2. The lowest BCUT2D eigenvalue weighted by molar-refractivity contribution is 0.00578. The second-order valence-corrected chi connectivity index (χ2v) is 37.7. The molecule has 1 aliphatic heterocycles. The average Bonchev–Trinajstić information content (AvgIpc) is 1.55. The maximum Gasteiger partial charge on any atom is 0.494 e. The zero-order valence-corrected chi connectivity index (χ0v) is 66.0. The van der Waals surface area contributed by atoms with Gasteiger partial charge in [0.05, 0.1) is 73.2 Å². The van der Waals surface area contributed by atoms with Gasteiger partial charge in [0.25, 0.3) is 0 Å². The number of carbonyl (C=O) groups excluding carboxylic acids is 2. The minimum Gasteiger partial charge on any atom is -0.399 e. The van der Waals surface area contributed by atoms with Crippen molar-refractivity contribution >= 4 is 161 Å². The standard InChI is InChI=1S/C24H22F2N4O5S2.C16H13BrF2N4O3S.C14H21BO4S.C8H9BrO2S.C6H6BrN/c1-3-10-37(34,35)30-19-9-8-18(25)20(21(19)26)23(31)22-17-11-16(12-27-24(17)29-28-22)15-6-4-14(5-7-15)13-36(2,32)33;1-2-5-27(25,26)23-11-4-3-10(18)12(13(11)19)15(24)14-9-6-8(17)7-20-16(9)22-21-14;1-13(2)14(3,4)19-15(18-13)12-8-6-11(7-9-12)10-20(5,16)17;1-12(10,11)6-7-2-4-8(9)5-3-7;7-5-1-3-6(8)4-2-5/h4-9,11-12,30H,3,10,13H2,1-2H3,(H,27,28,29);3-4,6-7,23H,2,5H2,1H3,(H,20,21,22);6-9H,10H2,1-5H3;2-5H,6H2,1H3;1-4H,8H2. The van der Waals surface area contributed by atoms with Crippen molar-refractivity contribution in [2.45, 2.75) is 82.8 Å². The molecule has 11 rings (SSSR count). The Kier molecular flexibility index (Phi) is 27.8. The number of benzene rings is 6. The van der Waals surface area contributed by atoms with Crippen LogP contribution in [0.25, 0.3) is 33.2 Å². The van der Waals surface area contributed by atoms with Gasteiger partial charge in [0.15, 0.2) is 52.4 Å². The predicted molar refractivity (Wildman–Crippen MR) is 406 cm³/mol. The molecule has 0 bridgehead atoms. The molecule has 0 unspecified atom stereocenters. The lowest BCUT2D eigenvalue weighted by atomic mass is 9.79. The highest BCUT2D eigenvalue weighted by Gasteiger charge is 2.51. The summed E-state index contributed by atoms with van der Waals surface area (Å²) in [6.07, 6.45) is 7.14. The van der Waals surface area contributed by atoms with Gasteiger partial charge in [-0.1, -0.05) is 106 Å². The molecule has 5 heterocycles. The van der Waals surface area contributed by atoms with E-state index >= 15 is 4.39 Å². The summed E-state index contributed by atoms with van der Waals surface area (Å²) < 4.78 is 193. The number of sulfone groups is 3. The summed E-state index contributed by atoms with van der Waals surface area (Å²) in [6, 6.07) is 35.4. The van der Waals surface area contributed by atoms with Crippen LogP contribution in [0.15, 0.2) is 159 Å². The minimum atomic E-state index is -3.89. The third kappa shape index (κ3) is 23.6. The van der Waals surface area contributed by atoms with Crippen LogP contribution in [0.3, 0.4) is 0 Å². The second-order valence-electron chi connectivity index (χ2n) is 24.8. The Bertz CT molecular complexity index is 5350. The van der Waals surface area contributed by atoms with Gasteiger partial charge in [-0.3, -0.25) is 29.2 Å². The number of aromatic nitrogens is 6. The SMILES string of the molecule is CC1(C)OB(c2ccc(CS(C)(=O)=O)cc2)OC1(C)C.CCCS(=O)(=O)Nc1ccc(F)c(C(=O)c2[nH]nc3ncc(-c4ccc(CS(C)(=O)=O)cc4)cc23)c1F.CCCS(=O)(=O)Nc1ccc(F)c(C(=O)c2[nH]nc3ncc(Br)cc23)c1F.CS(=O)(=O)Cc1ccc(Br)cc1.Nc1ccc(Br)cc1. The molecule has 36 heteroatoms. The summed E-state index contributed by atoms with van der Waals surface area (Å²) in [6.45, 7) is 11.3. The summed E-state index contributed by atoms with van der Waals surface area (Å²) in [4.78, 5) is 34.2. The molecular formula is C68H71BBr3F4N9O14S5. The molecule has 4 aromatic heterocycles. The van der Waals surface area contributed by atoms with Crippen molar-refractivity contribution in [2.24, 2.45) is 0 Å². The van der Waals surface area contributed by atoms with Gasteiger partial charge in [0, 0.05) is 55.8 Å². The van der Waals surface area contributed by atoms with Gasteiger partial charge in [0.1, 0.15) is 23.0 Å². The van der Waals surface area contributed by atoms with E-state index in [4.69, 9.17) is 15.0 Å². The maximum absolute atomic E-state index is 15.2. The van der Waals surface area contributed by atoms with Gasteiger partial charge >= 0.3 is 7.12 Å². The number of nitrogens with zero attached hydrogens (tertiary/aromatic N) is 4. The van der Waals surface area contributed by atoms with Crippen molar-refractivity contribution in [3.63, 3.8) is 0 Å². The molecule has 0 atom stereocenters. The minimum absolute atomic E-state index is 0.0522. The molecule has 6 N–H and O–H groups in total. The van der Waals surface area contributed by atoms with Crippen molar-refractivity contribution in [2.75, 3.05) is 45.5 Å². The molecule has 23 nitrogen and oxygen atoms in total. The van der Waals surface area contributed by atoms with Crippen LogP contribution in [0.1, 0.15) is 103 Å². The van der Waals surface area contributed by atoms with Crippen LogP contribution in [0, 0.1) is 23.3 Å². The summed E-state index contributed by atoms with van der Waals surface area (Å²) in [5, 5.41) is 13.1. The lowest BCUT2D eigenvalue weighted by Crippen LogP contribution is -2.41. The molecule has 0 amide bonds. The number of sulfonamides is 2. The van der Waals surface area contributed by atoms with Crippen LogP contribution in [0.5, 0.6) is 0 Å². The van der Waals surface area contributed by atoms with E-state index in [0.717, 1.165) is 61.7 Å². The van der Waals surface area contributed by atoms with Crippen LogP contribution in [-0.4, -0.2) is 133 Å².